The predicted octanol–water partition coefficient (Wildman–Crippen LogP) is 3.98. The summed E-state index contributed by atoms with van der Waals surface area (Å²) in [4.78, 5) is 15.7. The second kappa shape index (κ2) is 6.10. The molecule has 1 amide bonds. The summed E-state index contributed by atoms with van der Waals surface area (Å²) < 4.78 is 44.7. The molecule has 0 aliphatic heterocycles. The van der Waals surface area contributed by atoms with Gasteiger partial charge in [-0.3, -0.25) is 14.7 Å². The van der Waals surface area contributed by atoms with Crippen molar-refractivity contribution in [3.05, 3.63) is 52.5 Å². The minimum absolute atomic E-state index is 0.0150. The monoisotopic (exact) mass is 366 g/mol. The molecule has 1 N–H and O–H groups in total. The van der Waals surface area contributed by atoms with Gasteiger partial charge in [0, 0.05) is 17.8 Å². The van der Waals surface area contributed by atoms with E-state index in [9.17, 15) is 23.2 Å². The smallest absolute Gasteiger partial charge is 0.434 e. The van der Waals surface area contributed by atoms with E-state index in [2.05, 4.69) is 10.3 Å². The van der Waals surface area contributed by atoms with Gasteiger partial charge >= 0.3 is 6.18 Å². The fourth-order valence-electron chi connectivity index (χ4n) is 2.18. The lowest BCUT2D eigenvalue weighted by molar-refractivity contribution is -0.140. The van der Waals surface area contributed by atoms with E-state index in [1.807, 2.05) is 6.07 Å². The van der Waals surface area contributed by atoms with Crippen molar-refractivity contribution < 1.29 is 22.4 Å². The Hall–Kier alpha value is -3.06. The maximum atomic E-state index is 12.6. The summed E-state index contributed by atoms with van der Waals surface area (Å²) in [7, 11) is 0. The van der Waals surface area contributed by atoms with E-state index < -0.39 is 17.8 Å². The van der Waals surface area contributed by atoms with Crippen molar-refractivity contribution in [3.8, 4) is 12.0 Å². The van der Waals surface area contributed by atoms with Crippen LogP contribution in [0.25, 0.3) is 5.88 Å². The number of alkyl halides is 3. The van der Waals surface area contributed by atoms with E-state index in [4.69, 9.17) is 4.42 Å². The fourth-order valence-corrected chi connectivity index (χ4v) is 2.89. The third kappa shape index (κ3) is 3.14. The second-order valence-corrected chi connectivity index (χ2v) is 5.76. The van der Waals surface area contributed by atoms with Crippen LogP contribution in [-0.2, 0) is 6.18 Å². The Kier molecular flexibility index (Phi) is 4.10. The zero-order valence-electron chi connectivity index (χ0n) is 12.6. The lowest BCUT2D eigenvalue weighted by Crippen LogP contribution is -2.14. The van der Waals surface area contributed by atoms with E-state index in [0.29, 0.717) is 11.3 Å². The molecule has 3 rings (SSSR count). The number of aromatic nitrogens is 2. The molecule has 128 valence electrons. The molecule has 0 unspecified atom stereocenters. The number of aryl methyl sites for hydroxylation is 1. The summed E-state index contributed by atoms with van der Waals surface area (Å²) in [6.07, 6.45) is -1.32. The number of furan rings is 1. The van der Waals surface area contributed by atoms with Gasteiger partial charge in [-0.1, -0.05) is 0 Å². The highest BCUT2D eigenvalue weighted by atomic mass is 32.1. The quantitative estimate of drug-likeness (QED) is 0.760. The van der Waals surface area contributed by atoms with Crippen molar-refractivity contribution in [1.82, 2.24) is 9.55 Å². The van der Waals surface area contributed by atoms with Crippen LogP contribution in [-0.4, -0.2) is 15.5 Å². The lowest BCUT2D eigenvalue weighted by Gasteiger charge is -2.02. The molecule has 0 aromatic carbocycles. The van der Waals surface area contributed by atoms with Gasteiger partial charge in [0.15, 0.2) is 10.8 Å². The lowest BCUT2D eigenvalue weighted by atomic mass is 10.1. The summed E-state index contributed by atoms with van der Waals surface area (Å²) in [6.45, 7) is 1.49. The van der Waals surface area contributed by atoms with Gasteiger partial charge in [0.25, 0.3) is 5.91 Å². The Morgan fingerprint density at radius 3 is 2.64 bits per heavy atom. The van der Waals surface area contributed by atoms with Crippen LogP contribution in [0.4, 0.5) is 18.3 Å². The van der Waals surface area contributed by atoms with Crippen molar-refractivity contribution in [2.75, 3.05) is 5.32 Å². The van der Waals surface area contributed by atoms with E-state index in [1.165, 1.54) is 11.5 Å². The van der Waals surface area contributed by atoms with Crippen LogP contribution >= 0.6 is 11.3 Å². The minimum atomic E-state index is -4.59. The Morgan fingerprint density at radius 1 is 1.40 bits per heavy atom. The zero-order chi connectivity index (χ0) is 18.2. The Balaban J connectivity index is 1.93. The standard InChI is InChI=1S/C15H9F3N4O2S/c1-8-11(9(6-19)13(24-8)22-4-2-3-5-22)12(23)21-14-20-10(7-25-14)15(16,17)18/h2-5,7H,1H3,(H,20,21,23). The van der Waals surface area contributed by atoms with Gasteiger partial charge in [-0.15, -0.1) is 11.3 Å². The van der Waals surface area contributed by atoms with E-state index in [-0.39, 0.29) is 27.9 Å². The Labute approximate surface area is 143 Å². The summed E-state index contributed by atoms with van der Waals surface area (Å²) in [5, 5.41) is 12.2. The first kappa shape index (κ1) is 16.8. The number of hydrogen-bond donors (Lipinski definition) is 1. The highest BCUT2D eigenvalue weighted by Gasteiger charge is 2.34. The first-order valence-electron chi connectivity index (χ1n) is 6.82. The topological polar surface area (TPSA) is 83.8 Å². The fraction of sp³-hybridized carbons (Fsp3) is 0.133. The molecule has 0 saturated carbocycles. The van der Waals surface area contributed by atoms with Crippen LogP contribution in [0.1, 0.15) is 27.4 Å². The average Bonchev–Trinajstić information content (AvgIpc) is 3.24. The number of hydrogen-bond acceptors (Lipinski definition) is 5. The van der Waals surface area contributed by atoms with Gasteiger partial charge in [-0.05, 0) is 19.1 Å². The molecule has 0 radical (unpaired) electrons. The van der Waals surface area contributed by atoms with Crippen LogP contribution in [0, 0.1) is 18.3 Å². The molecule has 25 heavy (non-hydrogen) atoms. The largest absolute Gasteiger partial charge is 0.443 e. The third-order valence-electron chi connectivity index (χ3n) is 3.26. The predicted molar refractivity (Wildman–Crippen MR) is 82.6 cm³/mol. The number of halogens is 3. The highest BCUT2D eigenvalue weighted by Crippen LogP contribution is 2.32. The summed E-state index contributed by atoms with van der Waals surface area (Å²) in [5.74, 6) is -0.435. The van der Waals surface area contributed by atoms with Crippen LogP contribution in [0.5, 0.6) is 0 Å². The summed E-state index contributed by atoms with van der Waals surface area (Å²) in [5.41, 5.74) is -1.15. The molecule has 3 aromatic rings. The first-order valence-corrected chi connectivity index (χ1v) is 7.70. The van der Waals surface area contributed by atoms with Gasteiger partial charge in [0.1, 0.15) is 23.0 Å². The molecule has 3 aromatic heterocycles. The molecule has 0 saturated heterocycles. The number of nitrogens with one attached hydrogen (secondary N) is 1. The molecular formula is C15H9F3N4O2S. The van der Waals surface area contributed by atoms with Gasteiger partial charge in [-0.2, -0.15) is 18.4 Å². The minimum Gasteiger partial charge on any atom is -0.443 e. The molecule has 3 heterocycles. The number of amides is 1. The van der Waals surface area contributed by atoms with Crippen LogP contribution in [0.3, 0.4) is 0 Å². The Bertz CT molecular complexity index is 964. The molecule has 0 aliphatic rings. The molecule has 0 fully saturated rings. The van der Waals surface area contributed by atoms with E-state index in [1.54, 1.807) is 24.5 Å². The van der Waals surface area contributed by atoms with Crippen molar-refractivity contribution in [3.63, 3.8) is 0 Å². The van der Waals surface area contributed by atoms with Crippen LogP contribution in [0.2, 0.25) is 0 Å². The second-order valence-electron chi connectivity index (χ2n) is 4.91. The van der Waals surface area contributed by atoms with E-state index in [0.717, 1.165) is 5.38 Å². The number of carbonyl (C=O) groups is 1. The number of rotatable bonds is 3. The number of carbonyl (C=O) groups excluding carboxylic acids is 1. The molecule has 10 heteroatoms. The number of nitriles is 1. The van der Waals surface area contributed by atoms with Gasteiger partial charge in [-0.25, -0.2) is 4.98 Å². The maximum absolute atomic E-state index is 12.6. The van der Waals surface area contributed by atoms with E-state index >= 15 is 0 Å². The van der Waals surface area contributed by atoms with Gasteiger partial charge in [0.05, 0.1) is 0 Å². The normalized spacial score (nSPS) is 11.3. The summed E-state index contributed by atoms with van der Waals surface area (Å²) >= 11 is 0.642. The SMILES string of the molecule is Cc1oc(-n2cccc2)c(C#N)c1C(=O)Nc1nc(C(F)(F)F)cs1. The molecule has 0 atom stereocenters. The molecule has 6 nitrogen and oxygen atoms in total. The van der Waals surface area contributed by atoms with Crippen molar-refractivity contribution >= 4 is 22.4 Å². The Morgan fingerprint density at radius 2 is 2.08 bits per heavy atom. The zero-order valence-corrected chi connectivity index (χ0v) is 13.4. The molecule has 0 spiro atoms. The average molecular weight is 366 g/mol. The summed E-state index contributed by atoms with van der Waals surface area (Å²) in [6, 6.07) is 5.33. The van der Waals surface area contributed by atoms with Crippen molar-refractivity contribution in [1.29, 1.82) is 5.26 Å². The highest BCUT2D eigenvalue weighted by molar-refractivity contribution is 7.14. The third-order valence-corrected chi connectivity index (χ3v) is 4.02. The van der Waals surface area contributed by atoms with Gasteiger partial charge < -0.3 is 4.42 Å². The van der Waals surface area contributed by atoms with Crippen molar-refractivity contribution in [2.45, 2.75) is 13.1 Å². The maximum Gasteiger partial charge on any atom is 0.434 e. The molecule has 0 aliphatic carbocycles. The first-order chi connectivity index (χ1) is 11.8. The van der Waals surface area contributed by atoms with Crippen molar-refractivity contribution in [2.24, 2.45) is 0 Å². The number of thiazole rings is 1. The van der Waals surface area contributed by atoms with Gasteiger partial charge in [0.2, 0.25) is 5.88 Å². The number of nitrogens with zero attached hydrogens (tertiary/aromatic N) is 3. The number of anilines is 1. The molecular weight excluding hydrogens is 357 g/mol. The van der Waals surface area contributed by atoms with Crippen LogP contribution in [0.15, 0.2) is 34.3 Å². The van der Waals surface area contributed by atoms with Crippen LogP contribution < -0.4 is 5.32 Å². The molecule has 0 bridgehead atoms.